The summed E-state index contributed by atoms with van der Waals surface area (Å²) in [5.41, 5.74) is 0.545. The first-order chi connectivity index (χ1) is 9.79. The van der Waals surface area contributed by atoms with Gasteiger partial charge in [-0.15, -0.1) is 0 Å². The van der Waals surface area contributed by atoms with Crippen LogP contribution in [0.25, 0.3) is 0 Å². The Morgan fingerprint density at radius 3 is 2.57 bits per heavy atom. The molecule has 0 aromatic heterocycles. The predicted molar refractivity (Wildman–Crippen MR) is 81.4 cm³/mol. The Morgan fingerprint density at radius 2 is 2.05 bits per heavy atom. The minimum Gasteiger partial charge on any atom is -0.481 e. The maximum Gasteiger partial charge on any atom is 0.308 e. The fourth-order valence-corrected chi connectivity index (χ4v) is 2.22. The molecule has 0 saturated heterocycles. The SMILES string of the molecule is CC(C)CC(CNC(=O)Cc1ccc(Br)c(F)c1)C(=O)O. The van der Waals surface area contributed by atoms with E-state index in [1.807, 2.05) is 13.8 Å². The quantitative estimate of drug-likeness (QED) is 0.786. The zero-order chi connectivity index (χ0) is 16.0. The van der Waals surface area contributed by atoms with Gasteiger partial charge >= 0.3 is 5.97 Å². The van der Waals surface area contributed by atoms with Gasteiger partial charge in [-0.05, 0) is 46.0 Å². The van der Waals surface area contributed by atoms with Crippen LogP contribution in [0.15, 0.2) is 22.7 Å². The number of nitrogens with one attached hydrogen (secondary N) is 1. The van der Waals surface area contributed by atoms with E-state index >= 15 is 0 Å². The van der Waals surface area contributed by atoms with Crippen molar-refractivity contribution in [3.05, 3.63) is 34.1 Å². The lowest BCUT2D eigenvalue weighted by Gasteiger charge is -2.15. The molecule has 0 radical (unpaired) electrons. The first-order valence-corrected chi connectivity index (χ1v) is 7.52. The molecule has 0 aliphatic rings. The Hall–Kier alpha value is -1.43. The highest BCUT2D eigenvalue weighted by Gasteiger charge is 2.19. The monoisotopic (exact) mass is 359 g/mol. The van der Waals surface area contributed by atoms with Crippen LogP contribution in [0.3, 0.4) is 0 Å². The van der Waals surface area contributed by atoms with Crippen molar-refractivity contribution in [3.8, 4) is 0 Å². The second-order valence-electron chi connectivity index (χ2n) is 5.39. The van der Waals surface area contributed by atoms with E-state index in [9.17, 15) is 14.0 Å². The van der Waals surface area contributed by atoms with Gasteiger partial charge in [0, 0.05) is 6.54 Å². The van der Waals surface area contributed by atoms with Gasteiger partial charge in [0.2, 0.25) is 5.91 Å². The molecule has 1 aromatic rings. The van der Waals surface area contributed by atoms with E-state index in [0.29, 0.717) is 16.5 Å². The van der Waals surface area contributed by atoms with E-state index in [-0.39, 0.29) is 24.8 Å². The summed E-state index contributed by atoms with van der Waals surface area (Å²) in [4.78, 5) is 22.9. The molecule has 0 heterocycles. The van der Waals surface area contributed by atoms with Crippen LogP contribution in [0.4, 0.5) is 4.39 Å². The lowest BCUT2D eigenvalue weighted by molar-refractivity contribution is -0.142. The Kier molecular flexibility index (Phi) is 6.81. The van der Waals surface area contributed by atoms with Crippen LogP contribution < -0.4 is 5.32 Å². The molecule has 1 aromatic carbocycles. The number of amides is 1. The number of carbonyl (C=O) groups is 2. The van der Waals surface area contributed by atoms with E-state index in [1.165, 1.54) is 12.1 Å². The average Bonchev–Trinajstić information content (AvgIpc) is 2.38. The van der Waals surface area contributed by atoms with Gasteiger partial charge in [0.05, 0.1) is 16.8 Å². The molecule has 0 aliphatic heterocycles. The first-order valence-electron chi connectivity index (χ1n) is 6.73. The van der Waals surface area contributed by atoms with Gasteiger partial charge in [0.15, 0.2) is 0 Å². The van der Waals surface area contributed by atoms with Crippen LogP contribution in [-0.4, -0.2) is 23.5 Å². The number of carboxylic acid groups (broad SMARTS) is 1. The smallest absolute Gasteiger partial charge is 0.308 e. The van der Waals surface area contributed by atoms with Gasteiger partial charge in [0.1, 0.15) is 5.82 Å². The largest absolute Gasteiger partial charge is 0.481 e. The highest BCUT2D eigenvalue weighted by molar-refractivity contribution is 9.10. The van der Waals surface area contributed by atoms with Crippen molar-refractivity contribution in [2.75, 3.05) is 6.54 Å². The molecule has 0 bridgehead atoms. The van der Waals surface area contributed by atoms with Gasteiger partial charge in [0.25, 0.3) is 0 Å². The molecule has 4 nitrogen and oxygen atoms in total. The maximum absolute atomic E-state index is 13.3. The molecule has 0 spiro atoms. The molecule has 1 unspecified atom stereocenters. The van der Waals surface area contributed by atoms with Crippen molar-refractivity contribution in [1.82, 2.24) is 5.32 Å². The number of hydrogen-bond donors (Lipinski definition) is 2. The molecule has 1 rings (SSSR count). The van der Waals surface area contributed by atoms with E-state index in [2.05, 4.69) is 21.2 Å². The average molecular weight is 360 g/mol. The third-order valence-corrected chi connectivity index (χ3v) is 3.64. The minimum atomic E-state index is -0.918. The number of carbonyl (C=O) groups excluding carboxylic acids is 1. The molecule has 6 heteroatoms. The summed E-state index contributed by atoms with van der Waals surface area (Å²) in [5, 5.41) is 11.7. The van der Waals surface area contributed by atoms with Gasteiger partial charge in [-0.25, -0.2) is 4.39 Å². The first kappa shape index (κ1) is 17.6. The van der Waals surface area contributed by atoms with Crippen LogP contribution in [0.2, 0.25) is 0 Å². The topological polar surface area (TPSA) is 66.4 Å². The van der Waals surface area contributed by atoms with Gasteiger partial charge in [-0.3, -0.25) is 9.59 Å². The summed E-state index contributed by atoms with van der Waals surface area (Å²) in [5.74, 6) is -2.02. The molecule has 116 valence electrons. The van der Waals surface area contributed by atoms with Crippen LogP contribution in [0.5, 0.6) is 0 Å². The number of rotatable bonds is 7. The molecule has 1 atom stereocenters. The number of halogens is 2. The second kappa shape index (κ2) is 8.12. The summed E-state index contributed by atoms with van der Waals surface area (Å²) < 4.78 is 13.7. The van der Waals surface area contributed by atoms with Crippen LogP contribution >= 0.6 is 15.9 Å². The number of carboxylic acids is 1. The number of aliphatic carboxylic acids is 1. The Balaban J connectivity index is 2.52. The Morgan fingerprint density at radius 1 is 1.38 bits per heavy atom. The van der Waals surface area contributed by atoms with Crippen LogP contribution in [0, 0.1) is 17.7 Å². The third kappa shape index (κ3) is 6.25. The molecule has 0 saturated carbocycles. The second-order valence-corrected chi connectivity index (χ2v) is 6.25. The van der Waals surface area contributed by atoms with Crippen molar-refractivity contribution >= 4 is 27.8 Å². The summed E-state index contributed by atoms with van der Waals surface area (Å²) in [6, 6.07) is 4.47. The summed E-state index contributed by atoms with van der Waals surface area (Å²) in [7, 11) is 0. The third-order valence-electron chi connectivity index (χ3n) is 3.00. The van der Waals surface area contributed by atoms with Gasteiger partial charge in [-0.2, -0.15) is 0 Å². The molecule has 21 heavy (non-hydrogen) atoms. The normalized spacial score (nSPS) is 12.2. The van der Waals surface area contributed by atoms with Crippen molar-refractivity contribution in [2.45, 2.75) is 26.7 Å². The molecular formula is C15H19BrFNO3. The summed E-state index contributed by atoms with van der Waals surface area (Å²) in [6.07, 6.45) is 0.529. The van der Waals surface area contributed by atoms with E-state index in [0.717, 1.165) is 0 Å². The van der Waals surface area contributed by atoms with Crippen LogP contribution in [0.1, 0.15) is 25.8 Å². The van der Waals surface area contributed by atoms with Crippen LogP contribution in [-0.2, 0) is 16.0 Å². The number of benzene rings is 1. The lowest BCUT2D eigenvalue weighted by Crippen LogP contribution is -2.34. The van der Waals surface area contributed by atoms with E-state index in [1.54, 1.807) is 6.07 Å². The zero-order valence-corrected chi connectivity index (χ0v) is 13.6. The highest BCUT2D eigenvalue weighted by atomic mass is 79.9. The standard InChI is InChI=1S/C15H19BrFNO3/c1-9(2)5-11(15(20)21)8-18-14(19)7-10-3-4-12(16)13(17)6-10/h3-4,6,9,11H,5,7-8H2,1-2H3,(H,18,19)(H,20,21). The molecule has 2 N–H and O–H groups in total. The molecule has 0 fully saturated rings. The van der Waals surface area contributed by atoms with Crippen molar-refractivity contribution < 1.29 is 19.1 Å². The minimum absolute atomic E-state index is 0.0260. The summed E-state index contributed by atoms with van der Waals surface area (Å²) in [6.45, 7) is 3.95. The van der Waals surface area contributed by atoms with E-state index in [4.69, 9.17) is 5.11 Å². The van der Waals surface area contributed by atoms with E-state index < -0.39 is 17.7 Å². The molecule has 0 aliphatic carbocycles. The maximum atomic E-state index is 13.3. The van der Waals surface area contributed by atoms with Crippen molar-refractivity contribution in [3.63, 3.8) is 0 Å². The fraction of sp³-hybridized carbons (Fsp3) is 0.467. The molecular weight excluding hydrogens is 341 g/mol. The van der Waals surface area contributed by atoms with Crippen molar-refractivity contribution in [1.29, 1.82) is 0 Å². The van der Waals surface area contributed by atoms with Crippen molar-refractivity contribution in [2.24, 2.45) is 11.8 Å². The van der Waals surface area contributed by atoms with Gasteiger partial charge in [-0.1, -0.05) is 19.9 Å². The predicted octanol–water partition coefficient (Wildman–Crippen LogP) is 2.99. The summed E-state index contributed by atoms with van der Waals surface area (Å²) >= 11 is 3.04. The Labute approximate surface area is 131 Å². The highest BCUT2D eigenvalue weighted by Crippen LogP contribution is 2.16. The Bertz CT molecular complexity index is 520. The van der Waals surface area contributed by atoms with Gasteiger partial charge < -0.3 is 10.4 Å². The number of hydrogen-bond acceptors (Lipinski definition) is 2. The molecule has 1 amide bonds. The zero-order valence-electron chi connectivity index (χ0n) is 12.0. The lowest BCUT2D eigenvalue weighted by atomic mass is 9.97. The fourth-order valence-electron chi connectivity index (χ4n) is 1.98.